The highest BCUT2D eigenvalue weighted by molar-refractivity contribution is 7.89. The van der Waals surface area contributed by atoms with Gasteiger partial charge in [0.25, 0.3) is 0 Å². The van der Waals surface area contributed by atoms with Crippen molar-refractivity contribution in [1.82, 2.24) is 14.1 Å². The van der Waals surface area contributed by atoms with Crippen LogP contribution in [0.1, 0.15) is 48.8 Å². The minimum Gasteiger partial charge on any atom is -0.444 e. The lowest BCUT2D eigenvalue weighted by atomic mass is 9.91. The van der Waals surface area contributed by atoms with E-state index in [0.717, 1.165) is 53.2 Å². The second-order valence-electron chi connectivity index (χ2n) is 11.6. The lowest BCUT2D eigenvalue weighted by molar-refractivity contribution is -0.135. The van der Waals surface area contributed by atoms with E-state index in [2.05, 4.69) is 30.0 Å². The van der Waals surface area contributed by atoms with Crippen molar-refractivity contribution in [2.45, 2.75) is 58.6 Å². The second kappa shape index (κ2) is 12.7. The van der Waals surface area contributed by atoms with Crippen LogP contribution in [0, 0.1) is 19.8 Å². The molecule has 2 saturated heterocycles. The Labute approximate surface area is 248 Å². The summed E-state index contributed by atoms with van der Waals surface area (Å²) in [5.74, 6) is -0.653. The van der Waals surface area contributed by atoms with Crippen LogP contribution in [-0.4, -0.2) is 85.1 Å². The molecule has 3 aliphatic rings. The predicted octanol–water partition coefficient (Wildman–Crippen LogP) is 4.31. The molecule has 0 radical (unpaired) electrons. The number of carbonyl (C=O) groups is 3. The molecule has 0 spiro atoms. The van der Waals surface area contributed by atoms with E-state index in [-0.39, 0.29) is 18.3 Å². The molecule has 226 valence electrons. The van der Waals surface area contributed by atoms with Crippen molar-refractivity contribution in [2.75, 3.05) is 43.4 Å². The zero-order valence-corrected chi connectivity index (χ0v) is 25.2. The molecule has 11 heteroatoms. The summed E-state index contributed by atoms with van der Waals surface area (Å²) in [6, 6.07) is 13.0. The number of rotatable bonds is 7. The van der Waals surface area contributed by atoms with Crippen LogP contribution in [0.2, 0.25) is 0 Å². The van der Waals surface area contributed by atoms with Gasteiger partial charge in [-0.3, -0.25) is 4.79 Å². The minimum absolute atomic E-state index is 0.0389. The van der Waals surface area contributed by atoms with Gasteiger partial charge in [0.05, 0.1) is 12.3 Å². The number of imide groups is 1. The Bertz CT molecular complexity index is 1400. The van der Waals surface area contributed by atoms with Gasteiger partial charge in [-0.1, -0.05) is 61.7 Å². The SMILES string of the molecule is Cc1ccc(C)c(N2CCN(C(=O)[C@@H]3CN(S(=O)(=O)CC4CCCCC4)C(=O)N3C(=O)OCc3ccccc3)CC2)c1. The third-order valence-electron chi connectivity index (χ3n) is 8.56. The highest BCUT2D eigenvalue weighted by Gasteiger charge is 2.51. The first kappa shape index (κ1) is 29.9. The number of hydrogen-bond donors (Lipinski definition) is 0. The van der Waals surface area contributed by atoms with E-state index < -0.39 is 40.6 Å². The largest absolute Gasteiger partial charge is 0.444 e. The van der Waals surface area contributed by atoms with Crippen molar-refractivity contribution in [3.05, 3.63) is 65.2 Å². The Hall–Kier alpha value is -3.60. The number of aryl methyl sites for hydroxylation is 2. The normalized spacial score (nSPS) is 20.2. The van der Waals surface area contributed by atoms with Crippen LogP contribution < -0.4 is 4.90 Å². The van der Waals surface area contributed by atoms with Crippen LogP contribution in [0.5, 0.6) is 0 Å². The number of carbonyl (C=O) groups excluding carboxylic acids is 3. The van der Waals surface area contributed by atoms with Gasteiger partial charge < -0.3 is 14.5 Å². The van der Waals surface area contributed by atoms with Gasteiger partial charge in [-0.05, 0) is 55.4 Å². The zero-order chi connectivity index (χ0) is 29.9. The van der Waals surface area contributed by atoms with E-state index in [4.69, 9.17) is 4.74 Å². The molecule has 1 aliphatic carbocycles. The molecule has 2 heterocycles. The van der Waals surface area contributed by atoms with Crippen molar-refractivity contribution >= 4 is 33.7 Å². The molecule has 0 bridgehead atoms. The van der Waals surface area contributed by atoms with Crippen LogP contribution in [0.3, 0.4) is 0 Å². The maximum Gasteiger partial charge on any atom is 0.419 e. The number of sulfonamides is 1. The molecule has 3 fully saturated rings. The maximum absolute atomic E-state index is 13.8. The average Bonchev–Trinajstić information content (AvgIpc) is 3.35. The summed E-state index contributed by atoms with van der Waals surface area (Å²) in [5.41, 5.74) is 4.12. The van der Waals surface area contributed by atoms with Crippen LogP contribution >= 0.6 is 0 Å². The number of benzene rings is 2. The smallest absolute Gasteiger partial charge is 0.419 e. The number of piperazine rings is 1. The molecule has 1 saturated carbocycles. The summed E-state index contributed by atoms with van der Waals surface area (Å²) in [6.07, 6.45) is 3.55. The third-order valence-corrected chi connectivity index (χ3v) is 10.4. The number of amides is 4. The lowest BCUT2D eigenvalue weighted by Crippen LogP contribution is -2.55. The summed E-state index contributed by atoms with van der Waals surface area (Å²) in [5, 5.41) is 0. The first-order valence-corrected chi connectivity index (χ1v) is 16.4. The molecule has 5 rings (SSSR count). The minimum atomic E-state index is -4.04. The van der Waals surface area contributed by atoms with Gasteiger partial charge in [-0.15, -0.1) is 0 Å². The number of ether oxygens (including phenoxy) is 1. The Morgan fingerprint density at radius 2 is 1.62 bits per heavy atom. The van der Waals surface area contributed by atoms with E-state index in [1.165, 1.54) is 0 Å². The van der Waals surface area contributed by atoms with Crippen molar-refractivity contribution < 1.29 is 27.5 Å². The molecule has 42 heavy (non-hydrogen) atoms. The molecule has 2 aromatic rings. The van der Waals surface area contributed by atoms with Crippen molar-refractivity contribution in [2.24, 2.45) is 5.92 Å². The first-order valence-electron chi connectivity index (χ1n) is 14.8. The third kappa shape index (κ3) is 6.56. The maximum atomic E-state index is 13.8. The number of hydrogen-bond acceptors (Lipinski definition) is 7. The van der Waals surface area contributed by atoms with Gasteiger partial charge >= 0.3 is 12.1 Å². The standard InChI is InChI=1S/C31H40N4O6S/c1-23-13-14-24(2)27(19-23)32-15-17-33(18-16-32)29(36)28-20-34(42(39,40)22-26-11-7-4-8-12-26)30(37)35(28)31(38)41-21-25-9-5-3-6-10-25/h3,5-6,9-10,13-14,19,26,28H,4,7-8,11-12,15-18,20-22H2,1-2H3/t28-/m0/s1. The summed E-state index contributed by atoms with van der Waals surface area (Å²) in [7, 11) is -4.04. The van der Waals surface area contributed by atoms with Gasteiger partial charge in [-0.2, -0.15) is 0 Å². The summed E-state index contributed by atoms with van der Waals surface area (Å²) in [6.45, 7) is 5.53. The quantitative estimate of drug-likeness (QED) is 0.469. The summed E-state index contributed by atoms with van der Waals surface area (Å²) >= 11 is 0. The molecule has 2 aromatic carbocycles. The summed E-state index contributed by atoms with van der Waals surface area (Å²) in [4.78, 5) is 45.2. The van der Waals surface area contributed by atoms with Gasteiger partial charge in [0.2, 0.25) is 15.9 Å². The molecule has 2 aliphatic heterocycles. The fourth-order valence-electron chi connectivity index (χ4n) is 6.17. The Morgan fingerprint density at radius 3 is 2.31 bits per heavy atom. The number of nitrogens with zero attached hydrogens (tertiary/aromatic N) is 4. The molecule has 0 aromatic heterocycles. The van der Waals surface area contributed by atoms with Crippen LogP contribution in [0.4, 0.5) is 15.3 Å². The number of urea groups is 1. The fraction of sp³-hybridized carbons (Fsp3) is 0.516. The van der Waals surface area contributed by atoms with Gasteiger partial charge in [0.15, 0.2) is 0 Å². The molecular weight excluding hydrogens is 556 g/mol. The van der Waals surface area contributed by atoms with Gasteiger partial charge in [0, 0.05) is 31.9 Å². The molecule has 0 unspecified atom stereocenters. The van der Waals surface area contributed by atoms with E-state index in [1.54, 1.807) is 29.2 Å². The van der Waals surface area contributed by atoms with Gasteiger partial charge in [-0.25, -0.2) is 27.2 Å². The molecule has 10 nitrogen and oxygen atoms in total. The molecule has 1 atom stereocenters. The van der Waals surface area contributed by atoms with E-state index in [9.17, 15) is 22.8 Å². The first-order chi connectivity index (χ1) is 20.1. The Morgan fingerprint density at radius 1 is 0.929 bits per heavy atom. The fourth-order valence-corrected chi connectivity index (χ4v) is 7.97. The van der Waals surface area contributed by atoms with Crippen molar-refractivity contribution in [3.8, 4) is 0 Å². The molecule has 4 amide bonds. The monoisotopic (exact) mass is 596 g/mol. The summed E-state index contributed by atoms with van der Waals surface area (Å²) < 4.78 is 33.1. The molecular formula is C31H40N4O6S. The predicted molar refractivity (Wildman–Crippen MR) is 159 cm³/mol. The number of anilines is 1. The molecule has 0 N–H and O–H groups in total. The van der Waals surface area contributed by atoms with E-state index >= 15 is 0 Å². The topological polar surface area (TPSA) is 108 Å². The highest BCUT2D eigenvalue weighted by Crippen LogP contribution is 2.30. The van der Waals surface area contributed by atoms with Crippen LogP contribution in [0.25, 0.3) is 0 Å². The van der Waals surface area contributed by atoms with Crippen LogP contribution in [-0.2, 0) is 26.2 Å². The van der Waals surface area contributed by atoms with Gasteiger partial charge in [0.1, 0.15) is 12.6 Å². The van der Waals surface area contributed by atoms with Crippen molar-refractivity contribution in [1.29, 1.82) is 0 Å². The second-order valence-corrected chi connectivity index (χ2v) is 13.6. The highest BCUT2D eigenvalue weighted by atomic mass is 32.2. The van der Waals surface area contributed by atoms with Crippen molar-refractivity contribution in [3.63, 3.8) is 0 Å². The lowest BCUT2D eigenvalue weighted by Gasteiger charge is -2.38. The van der Waals surface area contributed by atoms with Crippen LogP contribution in [0.15, 0.2) is 48.5 Å². The van der Waals surface area contributed by atoms with E-state index in [0.29, 0.717) is 36.6 Å². The zero-order valence-electron chi connectivity index (χ0n) is 24.4. The Kier molecular flexibility index (Phi) is 9.05. The van der Waals surface area contributed by atoms with E-state index in [1.807, 2.05) is 13.0 Å². The Balaban J connectivity index is 1.32. The average molecular weight is 597 g/mol.